The second kappa shape index (κ2) is 7.57. The summed E-state index contributed by atoms with van der Waals surface area (Å²) in [7, 11) is 1.96. The zero-order valence-electron chi connectivity index (χ0n) is 13.0. The van der Waals surface area contributed by atoms with Gasteiger partial charge in [0.15, 0.2) is 0 Å². The Morgan fingerprint density at radius 1 is 1.38 bits per heavy atom. The highest BCUT2D eigenvalue weighted by Crippen LogP contribution is 2.27. The number of amides is 1. The summed E-state index contributed by atoms with van der Waals surface area (Å²) < 4.78 is 0. The van der Waals surface area contributed by atoms with E-state index in [9.17, 15) is 9.90 Å². The van der Waals surface area contributed by atoms with Crippen molar-refractivity contribution in [1.82, 2.24) is 10.2 Å². The molecule has 1 aromatic carbocycles. The van der Waals surface area contributed by atoms with Gasteiger partial charge in [0.2, 0.25) is 5.91 Å². The van der Waals surface area contributed by atoms with Crippen molar-refractivity contribution in [2.24, 2.45) is 5.92 Å². The van der Waals surface area contributed by atoms with Gasteiger partial charge in [-0.15, -0.1) is 0 Å². The Bertz CT molecular complexity index is 443. The minimum absolute atomic E-state index is 0.0696. The third-order valence-electron chi connectivity index (χ3n) is 4.17. The number of carbonyl (C=O) groups excluding carboxylic acids is 1. The summed E-state index contributed by atoms with van der Waals surface area (Å²) in [6, 6.07) is 10.2. The number of carbonyl (C=O) groups is 1. The van der Waals surface area contributed by atoms with E-state index in [1.807, 2.05) is 30.1 Å². The molecule has 0 aliphatic heterocycles. The van der Waals surface area contributed by atoms with Gasteiger partial charge < -0.3 is 10.4 Å². The molecule has 1 aliphatic rings. The van der Waals surface area contributed by atoms with E-state index >= 15 is 0 Å². The first-order valence-corrected chi connectivity index (χ1v) is 7.73. The summed E-state index contributed by atoms with van der Waals surface area (Å²) in [5.74, 6) is 0.934. The Hall–Kier alpha value is -1.39. The van der Waals surface area contributed by atoms with Gasteiger partial charge in [0.05, 0.1) is 12.6 Å². The van der Waals surface area contributed by atoms with Crippen molar-refractivity contribution >= 4 is 5.91 Å². The van der Waals surface area contributed by atoms with Gasteiger partial charge in [-0.2, -0.15) is 0 Å². The molecule has 0 heterocycles. The molecule has 1 atom stereocenters. The van der Waals surface area contributed by atoms with Crippen molar-refractivity contribution in [3.63, 3.8) is 0 Å². The average molecular weight is 290 g/mol. The smallest absolute Gasteiger partial charge is 0.234 e. The Morgan fingerprint density at radius 3 is 2.67 bits per heavy atom. The van der Waals surface area contributed by atoms with Crippen molar-refractivity contribution < 1.29 is 9.90 Å². The lowest BCUT2D eigenvalue weighted by Gasteiger charge is -2.34. The molecular weight excluding hydrogens is 264 g/mol. The summed E-state index contributed by atoms with van der Waals surface area (Å²) in [5, 5.41) is 12.3. The number of hydrogen-bond donors (Lipinski definition) is 2. The molecule has 1 amide bonds. The maximum Gasteiger partial charge on any atom is 0.234 e. The van der Waals surface area contributed by atoms with Gasteiger partial charge >= 0.3 is 0 Å². The van der Waals surface area contributed by atoms with Gasteiger partial charge in [0.25, 0.3) is 0 Å². The van der Waals surface area contributed by atoms with Crippen molar-refractivity contribution in [1.29, 1.82) is 0 Å². The predicted molar refractivity (Wildman–Crippen MR) is 84.1 cm³/mol. The van der Waals surface area contributed by atoms with Crippen LogP contribution in [0.5, 0.6) is 0 Å². The number of benzene rings is 1. The minimum Gasteiger partial charge on any atom is -0.393 e. The fourth-order valence-electron chi connectivity index (χ4n) is 2.82. The van der Waals surface area contributed by atoms with E-state index in [0.717, 1.165) is 19.4 Å². The van der Waals surface area contributed by atoms with Crippen LogP contribution < -0.4 is 5.32 Å². The van der Waals surface area contributed by atoms with Gasteiger partial charge in [-0.05, 0) is 37.3 Å². The number of nitrogens with one attached hydrogen (secondary N) is 1. The fourth-order valence-corrected chi connectivity index (χ4v) is 2.82. The highest BCUT2D eigenvalue weighted by atomic mass is 16.3. The van der Waals surface area contributed by atoms with Crippen LogP contribution in [0, 0.1) is 5.92 Å². The molecule has 0 bridgehead atoms. The standard InChI is InChI=1S/C17H26N2O2/c1-13(15-6-4-3-5-7-15)10-18-17(21)12-19(2)11-14-8-16(20)9-14/h3-7,13-14,16,20H,8-12H2,1-2H3,(H,18,21). The molecule has 1 fully saturated rings. The Labute approximate surface area is 127 Å². The topological polar surface area (TPSA) is 52.6 Å². The van der Waals surface area contributed by atoms with Gasteiger partial charge in [0, 0.05) is 13.1 Å². The molecule has 1 aliphatic carbocycles. The van der Waals surface area contributed by atoms with E-state index in [1.165, 1.54) is 5.56 Å². The predicted octanol–water partition coefficient (Wildman–Crippen LogP) is 1.61. The van der Waals surface area contributed by atoms with Gasteiger partial charge in [-0.3, -0.25) is 9.69 Å². The van der Waals surface area contributed by atoms with Crippen molar-refractivity contribution in [2.45, 2.75) is 31.8 Å². The molecule has 0 aromatic heterocycles. The molecule has 1 aromatic rings. The molecule has 1 saturated carbocycles. The summed E-state index contributed by atoms with van der Waals surface area (Å²) in [4.78, 5) is 14.0. The molecule has 4 heteroatoms. The van der Waals surface area contributed by atoms with Crippen LogP contribution in [0.4, 0.5) is 0 Å². The van der Waals surface area contributed by atoms with Gasteiger partial charge in [0.1, 0.15) is 0 Å². The second-order valence-electron chi connectivity index (χ2n) is 6.30. The molecular formula is C17H26N2O2. The molecule has 21 heavy (non-hydrogen) atoms. The monoisotopic (exact) mass is 290 g/mol. The van der Waals surface area contributed by atoms with Crippen LogP contribution in [0.3, 0.4) is 0 Å². The number of aliphatic hydroxyl groups is 1. The summed E-state index contributed by atoms with van der Waals surface area (Å²) >= 11 is 0. The maximum atomic E-state index is 11.9. The zero-order valence-corrected chi connectivity index (χ0v) is 13.0. The normalized spacial score (nSPS) is 22.7. The molecule has 1 unspecified atom stereocenters. The van der Waals surface area contributed by atoms with Crippen LogP contribution in [0.2, 0.25) is 0 Å². The summed E-state index contributed by atoms with van der Waals surface area (Å²) in [6.45, 7) is 4.10. The average Bonchev–Trinajstić information content (AvgIpc) is 2.44. The van der Waals surface area contributed by atoms with Crippen molar-refractivity contribution in [2.75, 3.05) is 26.7 Å². The lowest BCUT2D eigenvalue weighted by molar-refractivity contribution is -0.122. The lowest BCUT2D eigenvalue weighted by Crippen LogP contribution is -2.42. The van der Waals surface area contributed by atoms with E-state index in [2.05, 4.69) is 24.4 Å². The van der Waals surface area contributed by atoms with Crippen LogP contribution in [-0.4, -0.2) is 48.7 Å². The number of aliphatic hydroxyl groups excluding tert-OH is 1. The van der Waals surface area contributed by atoms with Crippen LogP contribution in [-0.2, 0) is 4.79 Å². The molecule has 4 nitrogen and oxygen atoms in total. The third-order valence-corrected chi connectivity index (χ3v) is 4.17. The van der Waals surface area contributed by atoms with Crippen LogP contribution in [0.15, 0.2) is 30.3 Å². The number of rotatable bonds is 7. The first-order valence-electron chi connectivity index (χ1n) is 7.73. The van der Waals surface area contributed by atoms with E-state index in [0.29, 0.717) is 24.9 Å². The first kappa shape index (κ1) is 16.0. The van der Waals surface area contributed by atoms with Crippen molar-refractivity contribution in [3.05, 3.63) is 35.9 Å². The quantitative estimate of drug-likeness (QED) is 0.802. The van der Waals surface area contributed by atoms with Crippen LogP contribution in [0.1, 0.15) is 31.2 Å². The van der Waals surface area contributed by atoms with E-state index < -0.39 is 0 Å². The zero-order chi connectivity index (χ0) is 15.2. The highest BCUT2D eigenvalue weighted by molar-refractivity contribution is 5.78. The van der Waals surface area contributed by atoms with E-state index in [-0.39, 0.29) is 12.0 Å². The molecule has 2 rings (SSSR count). The van der Waals surface area contributed by atoms with Crippen LogP contribution >= 0.6 is 0 Å². The van der Waals surface area contributed by atoms with Gasteiger partial charge in [-0.25, -0.2) is 0 Å². The SMILES string of the molecule is CC(CNC(=O)CN(C)CC1CC(O)C1)c1ccccc1. The first-order chi connectivity index (χ1) is 10.0. The highest BCUT2D eigenvalue weighted by Gasteiger charge is 2.28. The number of nitrogens with zero attached hydrogens (tertiary/aromatic N) is 1. The van der Waals surface area contributed by atoms with Crippen molar-refractivity contribution in [3.8, 4) is 0 Å². The Kier molecular flexibility index (Phi) is 5.76. The summed E-state index contributed by atoms with van der Waals surface area (Å²) in [5.41, 5.74) is 1.25. The molecule has 2 N–H and O–H groups in total. The van der Waals surface area contributed by atoms with E-state index in [1.54, 1.807) is 0 Å². The molecule has 0 spiro atoms. The van der Waals surface area contributed by atoms with E-state index in [4.69, 9.17) is 0 Å². The lowest BCUT2D eigenvalue weighted by atomic mass is 9.82. The third kappa shape index (κ3) is 5.14. The summed E-state index contributed by atoms with van der Waals surface area (Å²) in [6.07, 6.45) is 1.62. The molecule has 0 saturated heterocycles. The Balaban J connectivity index is 1.65. The van der Waals surface area contributed by atoms with Gasteiger partial charge in [-0.1, -0.05) is 37.3 Å². The maximum absolute atomic E-state index is 11.9. The minimum atomic E-state index is -0.121. The molecule has 116 valence electrons. The van der Waals surface area contributed by atoms with Crippen LogP contribution in [0.25, 0.3) is 0 Å². The molecule has 0 radical (unpaired) electrons. The second-order valence-corrected chi connectivity index (χ2v) is 6.30. The number of hydrogen-bond acceptors (Lipinski definition) is 3. The Morgan fingerprint density at radius 2 is 2.05 bits per heavy atom. The fraction of sp³-hybridized carbons (Fsp3) is 0.588. The number of likely N-dealkylation sites (N-methyl/N-ethyl adjacent to an activating group) is 1. The largest absolute Gasteiger partial charge is 0.393 e.